The van der Waals surface area contributed by atoms with Crippen LogP contribution in [-0.2, 0) is 12.3 Å². The monoisotopic (exact) mass is 673 g/mol. The summed E-state index contributed by atoms with van der Waals surface area (Å²) >= 11 is 0. The van der Waals surface area contributed by atoms with Gasteiger partial charge in [-0.1, -0.05) is 0 Å². The van der Waals surface area contributed by atoms with Crippen molar-refractivity contribution < 1.29 is 93.9 Å². The third-order valence-corrected chi connectivity index (χ3v) is 167. The summed E-state index contributed by atoms with van der Waals surface area (Å²) in [6, 6.07) is 0. The van der Waals surface area contributed by atoms with Crippen molar-refractivity contribution in [3.8, 4) is 0 Å². The van der Waals surface area contributed by atoms with Crippen molar-refractivity contribution in [2.24, 2.45) is 0 Å². The zero-order valence-electron chi connectivity index (χ0n) is 14.8. The van der Waals surface area contributed by atoms with E-state index in [1.165, 1.54) is 0 Å². The van der Waals surface area contributed by atoms with E-state index in [1.54, 1.807) is 0 Å². The van der Waals surface area contributed by atoms with Crippen LogP contribution in [0.15, 0.2) is 0 Å². The van der Waals surface area contributed by atoms with Crippen molar-refractivity contribution in [3.05, 3.63) is 0 Å². The summed E-state index contributed by atoms with van der Waals surface area (Å²) in [7, 11) is -77.0. The van der Waals surface area contributed by atoms with E-state index in [1.807, 2.05) is 0 Å². The van der Waals surface area contributed by atoms with Crippen LogP contribution in [0.5, 0.6) is 0 Å². The predicted octanol–water partition coefficient (Wildman–Crippen LogP) is -14.2. The summed E-state index contributed by atoms with van der Waals surface area (Å²) in [4.78, 5) is 184. The first-order valence-corrected chi connectivity index (χ1v) is 42.1. The van der Waals surface area contributed by atoms with Crippen molar-refractivity contribution >= 4 is 91.6 Å². The van der Waals surface area contributed by atoms with E-state index in [-0.39, 0.29) is 0 Å². The molecule has 0 spiro atoms. The topological polar surface area (TPSA) is 372 Å². The minimum atomic E-state index is -6.72. The van der Waals surface area contributed by atoms with Crippen LogP contribution >= 0.6 is 0 Å². The first-order chi connectivity index (χ1) is 13.8. The Morgan fingerprint density at radius 1 is 0.344 bits per heavy atom. The highest BCUT2D eigenvalue weighted by Crippen LogP contribution is 2.55. The summed E-state index contributed by atoms with van der Waals surface area (Å²) in [5.74, 6) is 0. The van der Waals surface area contributed by atoms with Crippen molar-refractivity contribution in [2.75, 3.05) is 0 Å². The molecule has 32 heavy (non-hydrogen) atoms. The molecule has 20 nitrogen and oxygen atoms in total. The van der Waals surface area contributed by atoms with Gasteiger partial charge in [0.25, 0.3) is 0 Å². The highest BCUT2D eigenvalue weighted by atomic mass is 30.3. The van der Waals surface area contributed by atoms with Crippen LogP contribution < -0.4 is 0 Å². The largest absolute Gasteiger partial charge is 0.429 e. The zero-order valence-corrected chi connectivity index (χ0v) is 26.8. The van der Waals surface area contributed by atoms with Gasteiger partial charge in [0.1, 0.15) is 0 Å². The average molecular weight is 674 g/mol. The molecular formula is H17O20Si12. The third-order valence-electron chi connectivity index (χ3n) is 6.25. The molecular weight excluding hydrogens is 657 g/mol. The lowest BCUT2D eigenvalue weighted by atomic mass is 15.7. The molecule has 0 aromatic carbocycles. The summed E-state index contributed by atoms with van der Waals surface area (Å²) in [5, 5.41) is 0. The van der Waals surface area contributed by atoms with Gasteiger partial charge >= 0.3 is 91.6 Å². The van der Waals surface area contributed by atoms with E-state index < -0.39 is 91.6 Å². The molecule has 1 radical (unpaired) electrons. The predicted molar refractivity (Wildman–Crippen MR) is 110 cm³/mol. The Morgan fingerprint density at radius 3 is 0.844 bits per heavy atom. The van der Waals surface area contributed by atoms with Gasteiger partial charge in [-0.25, -0.2) is 0 Å². The van der Waals surface area contributed by atoms with Gasteiger partial charge < -0.3 is 93.9 Å². The molecule has 0 saturated carbocycles. The van der Waals surface area contributed by atoms with Crippen molar-refractivity contribution in [3.63, 3.8) is 0 Å². The Kier molecular flexibility index (Phi) is 5.11. The van der Waals surface area contributed by atoms with E-state index in [0.29, 0.717) is 0 Å². The smallest absolute Gasteiger partial charge is 0.426 e. The summed E-state index contributed by atoms with van der Waals surface area (Å²) in [5.41, 5.74) is 0. The van der Waals surface area contributed by atoms with Gasteiger partial charge in [-0.15, -0.1) is 0 Å². The van der Waals surface area contributed by atoms with Gasteiger partial charge in [-0.2, -0.15) is 0 Å². The number of hydrogen-bond donors (Lipinski definition) is 17. The Morgan fingerprint density at radius 2 is 0.562 bits per heavy atom. The Bertz CT molecular complexity index is 816. The molecule has 0 aliphatic carbocycles. The van der Waals surface area contributed by atoms with E-state index in [2.05, 4.69) is 4.12 Å². The molecule has 185 valence electrons. The minimum absolute atomic E-state index is 4.65. The van der Waals surface area contributed by atoms with Crippen LogP contribution in [0.2, 0.25) is 0 Å². The lowest BCUT2D eigenvalue weighted by Gasteiger charge is -2.68. The van der Waals surface area contributed by atoms with Crippen molar-refractivity contribution in [2.45, 2.75) is 0 Å². The Labute approximate surface area is 185 Å². The van der Waals surface area contributed by atoms with Crippen molar-refractivity contribution in [1.82, 2.24) is 0 Å². The van der Waals surface area contributed by atoms with Crippen LogP contribution in [0.25, 0.3) is 0 Å². The van der Waals surface area contributed by atoms with Crippen LogP contribution in [0.3, 0.4) is 0 Å². The first kappa shape index (κ1) is 26.9. The van der Waals surface area contributed by atoms with Gasteiger partial charge in [-0.3, -0.25) is 0 Å². The molecule has 6 bridgehead atoms. The van der Waals surface area contributed by atoms with Crippen LogP contribution in [0.1, 0.15) is 0 Å². The highest BCUT2D eigenvalue weighted by Gasteiger charge is 3.13. The second-order valence-corrected chi connectivity index (χ2v) is 91.6. The average Bonchev–Trinajstić information content (AvgIpc) is 2.62. The van der Waals surface area contributed by atoms with Crippen LogP contribution in [-0.4, -0.2) is 173 Å². The van der Waals surface area contributed by atoms with Crippen LogP contribution in [0, 0.1) is 0 Å². The number of hydrogen-bond acceptors (Lipinski definition) is 20. The second kappa shape index (κ2) is 6.09. The SMILES string of the molecule is O[Si]1[Si]2(O)O[Si]3(O)[Si](O)(O)[Si]4(O)O[Si]1(O)[Si](O)(O)[Si](O)(O[Si](O)([Si]3(O)O)[Si]4(O)O)[Si]2(O)O. The van der Waals surface area contributed by atoms with Gasteiger partial charge in [0.2, 0.25) is 0 Å². The maximum Gasteiger partial charge on any atom is 0.426 e. The molecule has 5 rings (SSSR count). The molecule has 0 amide bonds. The first-order valence-electron chi connectivity index (χ1n) is 8.03. The molecule has 5 aliphatic rings. The molecule has 4 atom stereocenters. The molecule has 5 saturated heterocycles. The normalized spacial score (nSPS) is 56.5. The highest BCUT2D eigenvalue weighted by molar-refractivity contribution is 8.11. The summed E-state index contributed by atoms with van der Waals surface area (Å²) in [6.07, 6.45) is 0. The molecule has 0 aromatic heterocycles. The molecule has 5 heterocycles. The van der Waals surface area contributed by atoms with E-state index in [0.717, 1.165) is 0 Å². The lowest BCUT2D eigenvalue weighted by molar-refractivity contribution is 0.209. The number of rotatable bonds is 0. The fourth-order valence-electron chi connectivity index (χ4n) is 4.13. The maximum absolute atomic E-state index is 11.0. The molecule has 5 fully saturated rings. The van der Waals surface area contributed by atoms with Gasteiger partial charge in [0.05, 0.1) is 0 Å². The van der Waals surface area contributed by atoms with Crippen LogP contribution in [0.4, 0.5) is 0 Å². The fourth-order valence-corrected chi connectivity index (χ4v) is 292. The maximum atomic E-state index is 11.0. The fraction of sp³-hybridized carbons (Fsp3) is 0. The van der Waals surface area contributed by atoms with E-state index >= 15 is 0 Å². The van der Waals surface area contributed by atoms with E-state index in [9.17, 15) is 81.5 Å². The van der Waals surface area contributed by atoms with Gasteiger partial charge in [-0.05, 0) is 0 Å². The minimum Gasteiger partial charge on any atom is -0.429 e. The molecule has 32 heteroatoms. The summed E-state index contributed by atoms with van der Waals surface area (Å²) < 4.78 is 14.1. The Hall–Kier alpha value is 1.80. The quantitative estimate of drug-likeness (QED) is 0.106. The van der Waals surface area contributed by atoms with Gasteiger partial charge in [0, 0.05) is 0 Å². The lowest BCUT2D eigenvalue weighted by Crippen LogP contribution is -3.20. The van der Waals surface area contributed by atoms with E-state index in [4.69, 9.17) is 8.23 Å². The zero-order chi connectivity index (χ0) is 25.2. The third kappa shape index (κ3) is 2.03. The molecule has 0 aromatic rings. The molecule has 5 aliphatic heterocycles. The molecule has 17 N–H and O–H groups in total. The molecule has 4 unspecified atom stereocenters. The Balaban J connectivity index is 2.31. The van der Waals surface area contributed by atoms with Crippen molar-refractivity contribution in [1.29, 1.82) is 0 Å². The summed E-state index contributed by atoms with van der Waals surface area (Å²) in [6.45, 7) is 0. The second-order valence-electron chi connectivity index (χ2n) is 7.88. The standard InChI is InChI=1S/H17O20Si12/c1-21-27(12)18-29(14)24(6,7)30(15)19-28(21,13)23(4,5)31(16,22(27,2)3)20-32(17,25(29,8)9)26(30,10)11/h1-17H. The van der Waals surface area contributed by atoms with Gasteiger partial charge in [0.15, 0.2) is 0 Å².